The summed E-state index contributed by atoms with van der Waals surface area (Å²) in [5.74, 6) is 1.25. The normalized spacial score (nSPS) is 28.1. The monoisotopic (exact) mass is 226 g/mol. The Labute approximate surface area is 93.3 Å². The molecule has 0 bridgehead atoms. The number of hydrogen-bond acceptors (Lipinski definition) is 3. The van der Waals surface area contributed by atoms with E-state index in [2.05, 4.69) is 16.6 Å². The standard InChI is InChI=1S/C10H14N2O4/c1-3-4-11-9(15)12-7-5-16-6-10(7,2)8(13)14/h1,7H,4-6H2,2H3,(H,13,14)(H2,11,12,15). The number of carboxylic acid groups (broad SMARTS) is 1. The molecular formula is C10H14N2O4. The highest BCUT2D eigenvalue weighted by Crippen LogP contribution is 2.28. The Morgan fingerprint density at radius 1 is 1.69 bits per heavy atom. The summed E-state index contributed by atoms with van der Waals surface area (Å²) in [4.78, 5) is 22.3. The highest BCUT2D eigenvalue weighted by atomic mass is 16.5. The molecule has 0 aromatic heterocycles. The fourth-order valence-corrected chi connectivity index (χ4v) is 1.43. The number of amides is 2. The molecule has 88 valence electrons. The zero-order valence-electron chi connectivity index (χ0n) is 8.95. The van der Waals surface area contributed by atoms with Crippen LogP contribution >= 0.6 is 0 Å². The Morgan fingerprint density at radius 2 is 2.38 bits per heavy atom. The van der Waals surface area contributed by atoms with E-state index in [4.69, 9.17) is 16.3 Å². The molecule has 6 heteroatoms. The molecule has 1 aliphatic rings. The van der Waals surface area contributed by atoms with Gasteiger partial charge in [-0.2, -0.15) is 0 Å². The topological polar surface area (TPSA) is 87.7 Å². The minimum absolute atomic E-state index is 0.0857. The van der Waals surface area contributed by atoms with Gasteiger partial charge in [-0.05, 0) is 6.92 Å². The summed E-state index contributed by atoms with van der Waals surface area (Å²) in [5.41, 5.74) is -1.09. The number of urea groups is 1. The van der Waals surface area contributed by atoms with E-state index in [1.807, 2.05) is 0 Å². The number of rotatable bonds is 3. The molecule has 0 aliphatic carbocycles. The van der Waals surface area contributed by atoms with Gasteiger partial charge in [-0.3, -0.25) is 4.79 Å². The van der Waals surface area contributed by atoms with Gasteiger partial charge in [0.05, 0.1) is 25.8 Å². The fourth-order valence-electron chi connectivity index (χ4n) is 1.43. The lowest BCUT2D eigenvalue weighted by Crippen LogP contribution is -2.52. The Bertz CT molecular complexity index is 336. The van der Waals surface area contributed by atoms with Gasteiger partial charge in [0, 0.05) is 0 Å². The number of carbonyl (C=O) groups is 2. The molecule has 0 radical (unpaired) electrons. The van der Waals surface area contributed by atoms with Crippen LogP contribution < -0.4 is 10.6 Å². The largest absolute Gasteiger partial charge is 0.481 e. The van der Waals surface area contributed by atoms with Crippen molar-refractivity contribution >= 4 is 12.0 Å². The van der Waals surface area contributed by atoms with Gasteiger partial charge in [0.2, 0.25) is 0 Å². The zero-order chi connectivity index (χ0) is 12.2. The molecule has 6 nitrogen and oxygen atoms in total. The van der Waals surface area contributed by atoms with Crippen molar-refractivity contribution in [3.05, 3.63) is 0 Å². The van der Waals surface area contributed by atoms with Crippen LogP contribution in [0.4, 0.5) is 4.79 Å². The van der Waals surface area contributed by atoms with Gasteiger partial charge in [0.1, 0.15) is 5.41 Å². The summed E-state index contributed by atoms with van der Waals surface area (Å²) >= 11 is 0. The van der Waals surface area contributed by atoms with Crippen molar-refractivity contribution in [1.82, 2.24) is 10.6 Å². The molecule has 1 rings (SSSR count). The summed E-state index contributed by atoms with van der Waals surface area (Å²) in [7, 11) is 0. The van der Waals surface area contributed by atoms with E-state index in [9.17, 15) is 9.59 Å². The van der Waals surface area contributed by atoms with Crippen molar-refractivity contribution in [3.8, 4) is 12.3 Å². The van der Waals surface area contributed by atoms with Crippen molar-refractivity contribution in [2.75, 3.05) is 19.8 Å². The summed E-state index contributed by atoms with van der Waals surface area (Å²) in [6.45, 7) is 1.91. The first-order chi connectivity index (χ1) is 7.50. The first-order valence-corrected chi connectivity index (χ1v) is 4.79. The molecule has 1 fully saturated rings. The van der Waals surface area contributed by atoms with Crippen LogP contribution in [0.2, 0.25) is 0 Å². The number of aliphatic carboxylic acids is 1. The average molecular weight is 226 g/mol. The Morgan fingerprint density at radius 3 is 2.94 bits per heavy atom. The third-order valence-electron chi connectivity index (χ3n) is 2.60. The third-order valence-corrected chi connectivity index (χ3v) is 2.60. The Hall–Kier alpha value is -1.74. The first kappa shape index (κ1) is 12.3. The minimum Gasteiger partial charge on any atom is -0.481 e. The predicted octanol–water partition coefficient (Wildman–Crippen LogP) is -0.591. The van der Waals surface area contributed by atoms with Crippen molar-refractivity contribution in [2.45, 2.75) is 13.0 Å². The van der Waals surface area contributed by atoms with E-state index in [0.717, 1.165) is 0 Å². The van der Waals surface area contributed by atoms with Crippen LogP contribution in [0, 0.1) is 17.8 Å². The number of terminal acetylenes is 1. The van der Waals surface area contributed by atoms with Gasteiger partial charge in [0.15, 0.2) is 0 Å². The summed E-state index contributed by atoms with van der Waals surface area (Å²) in [5, 5.41) is 14.0. The van der Waals surface area contributed by atoms with E-state index in [1.54, 1.807) is 0 Å². The van der Waals surface area contributed by atoms with Crippen LogP contribution in [0.25, 0.3) is 0 Å². The third kappa shape index (κ3) is 2.44. The molecule has 2 amide bonds. The molecule has 0 saturated carbocycles. The van der Waals surface area contributed by atoms with Crippen LogP contribution in [-0.2, 0) is 9.53 Å². The summed E-state index contributed by atoms with van der Waals surface area (Å²) < 4.78 is 5.08. The molecule has 1 aliphatic heterocycles. The molecule has 3 N–H and O–H groups in total. The predicted molar refractivity (Wildman–Crippen MR) is 55.7 cm³/mol. The quantitative estimate of drug-likeness (QED) is 0.561. The van der Waals surface area contributed by atoms with E-state index in [0.29, 0.717) is 0 Å². The molecule has 0 aromatic rings. The molecule has 0 spiro atoms. The van der Waals surface area contributed by atoms with Crippen LogP contribution in [-0.4, -0.2) is 42.9 Å². The lowest BCUT2D eigenvalue weighted by atomic mass is 9.85. The Balaban J connectivity index is 2.57. The van der Waals surface area contributed by atoms with Gasteiger partial charge >= 0.3 is 12.0 Å². The van der Waals surface area contributed by atoms with E-state index in [1.165, 1.54) is 6.92 Å². The second kappa shape index (κ2) is 4.86. The maximum atomic E-state index is 11.3. The molecule has 1 heterocycles. The fraction of sp³-hybridized carbons (Fsp3) is 0.600. The van der Waals surface area contributed by atoms with E-state index in [-0.39, 0.29) is 19.8 Å². The van der Waals surface area contributed by atoms with Crippen LogP contribution in [0.5, 0.6) is 0 Å². The van der Waals surface area contributed by atoms with Gasteiger partial charge in [0.25, 0.3) is 0 Å². The highest BCUT2D eigenvalue weighted by Gasteiger charge is 2.47. The Kier molecular flexibility index (Phi) is 3.74. The van der Waals surface area contributed by atoms with E-state index >= 15 is 0 Å². The maximum Gasteiger partial charge on any atom is 0.315 e. The number of carboxylic acids is 1. The van der Waals surface area contributed by atoms with Crippen molar-refractivity contribution in [1.29, 1.82) is 0 Å². The van der Waals surface area contributed by atoms with Gasteiger partial charge in [-0.1, -0.05) is 5.92 Å². The van der Waals surface area contributed by atoms with Gasteiger partial charge in [-0.25, -0.2) is 4.79 Å². The SMILES string of the molecule is C#CCNC(=O)NC1COCC1(C)C(=O)O. The van der Waals surface area contributed by atoms with E-state index < -0.39 is 23.5 Å². The van der Waals surface area contributed by atoms with Crippen molar-refractivity contribution in [3.63, 3.8) is 0 Å². The van der Waals surface area contributed by atoms with Gasteiger partial charge in [-0.15, -0.1) is 6.42 Å². The molecule has 1 saturated heterocycles. The summed E-state index contributed by atoms with van der Waals surface area (Å²) in [6, 6.07) is -1.04. The number of nitrogens with one attached hydrogen (secondary N) is 2. The maximum absolute atomic E-state index is 11.3. The number of ether oxygens (including phenoxy) is 1. The van der Waals surface area contributed by atoms with Crippen molar-refractivity contribution in [2.24, 2.45) is 5.41 Å². The number of carbonyl (C=O) groups excluding carboxylic acids is 1. The second-order valence-electron chi connectivity index (χ2n) is 3.82. The summed E-state index contributed by atoms with van der Waals surface area (Å²) in [6.07, 6.45) is 4.98. The van der Waals surface area contributed by atoms with Crippen LogP contribution in [0.3, 0.4) is 0 Å². The first-order valence-electron chi connectivity index (χ1n) is 4.79. The molecule has 2 atom stereocenters. The average Bonchev–Trinajstić information content (AvgIpc) is 2.59. The van der Waals surface area contributed by atoms with Crippen LogP contribution in [0.15, 0.2) is 0 Å². The second-order valence-corrected chi connectivity index (χ2v) is 3.82. The number of hydrogen-bond donors (Lipinski definition) is 3. The van der Waals surface area contributed by atoms with Crippen molar-refractivity contribution < 1.29 is 19.4 Å². The smallest absolute Gasteiger partial charge is 0.315 e. The molecule has 16 heavy (non-hydrogen) atoms. The molecule has 2 unspecified atom stereocenters. The van der Waals surface area contributed by atoms with Crippen LogP contribution in [0.1, 0.15) is 6.92 Å². The lowest BCUT2D eigenvalue weighted by Gasteiger charge is -2.25. The zero-order valence-corrected chi connectivity index (χ0v) is 8.95. The minimum atomic E-state index is -1.09. The highest BCUT2D eigenvalue weighted by molar-refractivity contribution is 5.79. The van der Waals surface area contributed by atoms with Gasteiger partial charge < -0.3 is 20.5 Å². The lowest BCUT2D eigenvalue weighted by molar-refractivity contribution is -0.148. The molecule has 0 aromatic carbocycles. The molecular weight excluding hydrogens is 212 g/mol.